The maximum absolute atomic E-state index is 5.42. The highest BCUT2D eigenvalue weighted by Gasteiger charge is 2.17. The van der Waals surface area contributed by atoms with Crippen LogP contribution in [0.2, 0.25) is 0 Å². The zero-order valence-electron chi connectivity index (χ0n) is 16.6. The summed E-state index contributed by atoms with van der Waals surface area (Å²) < 4.78 is 7.54. The Hall–Kier alpha value is -3.23. The Bertz CT molecular complexity index is 1230. The molecule has 0 atom stereocenters. The molecule has 0 aliphatic heterocycles. The van der Waals surface area contributed by atoms with Crippen molar-refractivity contribution in [3.05, 3.63) is 84.1 Å². The van der Waals surface area contributed by atoms with Crippen molar-refractivity contribution in [3.63, 3.8) is 0 Å². The van der Waals surface area contributed by atoms with Gasteiger partial charge in [-0.3, -0.25) is 4.57 Å². The van der Waals surface area contributed by atoms with Crippen molar-refractivity contribution in [1.82, 2.24) is 24.9 Å². The Morgan fingerprint density at radius 3 is 2.48 bits per heavy atom. The number of aryl methyl sites for hydroxylation is 1. The highest BCUT2D eigenvalue weighted by atomic mass is 32.2. The smallest absolute Gasteiger partial charge is 0.226 e. The lowest BCUT2D eigenvalue weighted by Crippen LogP contribution is -1.99. The molecule has 0 aliphatic carbocycles. The van der Waals surface area contributed by atoms with Gasteiger partial charge >= 0.3 is 0 Å². The number of para-hydroxylation sites is 1. The zero-order chi connectivity index (χ0) is 20.9. The molecule has 5 aromatic rings. The molecule has 3 heterocycles. The minimum absolute atomic E-state index is 0.632. The summed E-state index contributed by atoms with van der Waals surface area (Å²) in [5.41, 5.74) is 2.02. The molecule has 3 aromatic heterocycles. The van der Waals surface area contributed by atoms with Crippen molar-refractivity contribution >= 4 is 23.1 Å². The number of thiophene rings is 1. The van der Waals surface area contributed by atoms with Crippen LogP contribution in [0.25, 0.3) is 27.8 Å². The van der Waals surface area contributed by atoms with Crippen LogP contribution in [-0.2, 0) is 6.42 Å². The minimum atomic E-state index is 0.632. The third kappa shape index (κ3) is 4.45. The van der Waals surface area contributed by atoms with Crippen molar-refractivity contribution < 1.29 is 4.52 Å². The second-order valence-electron chi connectivity index (χ2n) is 6.78. The monoisotopic (exact) mass is 445 g/mol. The number of aromatic nitrogens is 5. The number of hydrogen-bond donors (Lipinski definition) is 0. The summed E-state index contributed by atoms with van der Waals surface area (Å²) in [4.78, 5) is 5.61. The van der Waals surface area contributed by atoms with E-state index in [1.807, 2.05) is 54.6 Å². The third-order valence-electron chi connectivity index (χ3n) is 4.66. The van der Waals surface area contributed by atoms with Crippen molar-refractivity contribution in [2.75, 3.05) is 5.75 Å². The molecule has 0 fully saturated rings. The van der Waals surface area contributed by atoms with Crippen LogP contribution in [0.15, 0.2) is 87.9 Å². The van der Waals surface area contributed by atoms with E-state index in [9.17, 15) is 0 Å². The van der Waals surface area contributed by atoms with Crippen molar-refractivity contribution in [2.24, 2.45) is 0 Å². The first-order chi connectivity index (χ1) is 15.4. The van der Waals surface area contributed by atoms with Gasteiger partial charge in [0.05, 0.1) is 4.88 Å². The van der Waals surface area contributed by atoms with E-state index in [2.05, 4.69) is 48.5 Å². The van der Waals surface area contributed by atoms with Gasteiger partial charge in [0.2, 0.25) is 11.7 Å². The van der Waals surface area contributed by atoms with Crippen LogP contribution < -0.4 is 0 Å². The number of benzene rings is 2. The second-order valence-corrected chi connectivity index (χ2v) is 8.79. The van der Waals surface area contributed by atoms with E-state index >= 15 is 0 Å². The van der Waals surface area contributed by atoms with E-state index in [1.165, 1.54) is 0 Å². The first-order valence-corrected chi connectivity index (χ1v) is 11.8. The van der Waals surface area contributed by atoms with Gasteiger partial charge in [0, 0.05) is 23.4 Å². The fraction of sp³-hybridized carbons (Fsp3) is 0.130. The number of thioether (sulfide) groups is 1. The average molecular weight is 446 g/mol. The molecule has 0 spiro atoms. The Balaban J connectivity index is 1.27. The molecule has 0 aliphatic rings. The fourth-order valence-electron chi connectivity index (χ4n) is 3.19. The molecule has 0 amide bonds. The largest absolute Gasteiger partial charge is 0.339 e. The van der Waals surface area contributed by atoms with E-state index in [-0.39, 0.29) is 0 Å². The summed E-state index contributed by atoms with van der Waals surface area (Å²) in [5.74, 6) is 3.03. The Labute approximate surface area is 188 Å². The van der Waals surface area contributed by atoms with Gasteiger partial charge in [-0.15, -0.1) is 21.5 Å². The minimum Gasteiger partial charge on any atom is -0.339 e. The van der Waals surface area contributed by atoms with Gasteiger partial charge in [0.15, 0.2) is 11.0 Å². The van der Waals surface area contributed by atoms with Gasteiger partial charge in [-0.1, -0.05) is 71.5 Å². The lowest BCUT2D eigenvalue weighted by molar-refractivity contribution is 0.378. The van der Waals surface area contributed by atoms with Gasteiger partial charge in [-0.25, -0.2) is 0 Å². The Morgan fingerprint density at radius 2 is 1.71 bits per heavy atom. The lowest BCUT2D eigenvalue weighted by Gasteiger charge is -2.09. The first-order valence-electron chi connectivity index (χ1n) is 9.94. The van der Waals surface area contributed by atoms with Gasteiger partial charge in [-0.2, -0.15) is 4.98 Å². The highest BCUT2D eigenvalue weighted by Crippen LogP contribution is 2.30. The molecule has 0 N–H and O–H groups in total. The second kappa shape index (κ2) is 9.28. The zero-order valence-corrected chi connectivity index (χ0v) is 18.2. The molecule has 0 radical (unpaired) electrons. The highest BCUT2D eigenvalue weighted by molar-refractivity contribution is 7.99. The molecule has 0 unspecified atom stereocenters. The fourth-order valence-corrected chi connectivity index (χ4v) is 4.78. The summed E-state index contributed by atoms with van der Waals surface area (Å²) in [5, 5.41) is 16.0. The molecule has 31 heavy (non-hydrogen) atoms. The molecule has 0 saturated carbocycles. The summed E-state index contributed by atoms with van der Waals surface area (Å²) >= 11 is 3.35. The van der Waals surface area contributed by atoms with E-state index in [0.29, 0.717) is 11.7 Å². The van der Waals surface area contributed by atoms with Gasteiger partial charge < -0.3 is 4.52 Å². The average Bonchev–Trinajstić information content (AvgIpc) is 3.59. The summed E-state index contributed by atoms with van der Waals surface area (Å²) in [7, 11) is 0. The van der Waals surface area contributed by atoms with E-state index in [4.69, 9.17) is 4.52 Å². The van der Waals surface area contributed by atoms with Crippen LogP contribution in [0.1, 0.15) is 12.3 Å². The Morgan fingerprint density at radius 1 is 0.903 bits per heavy atom. The predicted molar refractivity (Wildman–Crippen MR) is 123 cm³/mol. The lowest BCUT2D eigenvalue weighted by atomic mass is 10.2. The van der Waals surface area contributed by atoms with Crippen molar-refractivity contribution in [3.8, 4) is 27.8 Å². The predicted octanol–water partition coefficient (Wildman–Crippen LogP) is 5.77. The van der Waals surface area contributed by atoms with Gasteiger partial charge in [-0.05, 0) is 30.0 Å². The summed E-state index contributed by atoms with van der Waals surface area (Å²) in [6, 6.07) is 24.2. The summed E-state index contributed by atoms with van der Waals surface area (Å²) in [6.07, 6.45) is 1.63. The van der Waals surface area contributed by atoms with E-state index in [0.717, 1.165) is 45.7 Å². The summed E-state index contributed by atoms with van der Waals surface area (Å²) in [6.45, 7) is 0. The molecular formula is C23H19N5OS2. The molecule has 8 heteroatoms. The molecule has 5 rings (SSSR count). The van der Waals surface area contributed by atoms with Crippen molar-refractivity contribution in [1.29, 1.82) is 0 Å². The number of hydrogen-bond acceptors (Lipinski definition) is 7. The maximum atomic E-state index is 5.42. The standard InChI is InChI=1S/C23H19N5OS2/c1-3-9-17(10-4-1)21-24-20(29-27-21)14-8-16-31-23-26-25-22(19-13-7-15-30-19)28(23)18-11-5-2-6-12-18/h1-7,9-13,15H,8,14,16H2. The van der Waals surface area contributed by atoms with Crippen LogP contribution >= 0.6 is 23.1 Å². The molecule has 0 saturated heterocycles. The SMILES string of the molecule is c1ccc(-c2noc(CCCSc3nnc(-c4cccs4)n3-c3ccccc3)n2)cc1. The Kier molecular flexibility index (Phi) is 5.90. The maximum Gasteiger partial charge on any atom is 0.226 e. The van der Waals surface area contributed by atoms with Crippen LogP contribution in [0.5, 0.6) is 0 Å². The van der Waals surface area contributed by atoms with Gasteiger partial charge in [0.25, 0.3) is 0 Å². The topological polar surface area (TPSA) is 69.6 Å². The number of rotatable bonds is 8. The van der Waals surface area contributed by atoms with Crippen LogP contribution in [0, 0.1) is 0 Å². The van der Waals surface area contributed by atoms with Crippen LogP contribution in [-0.4, -0.2) is 30.7 Å². The first kappa shape index (κ1) is 19.7. The van der Waals surface area contributed by atoms with E-state index in [1.54, 1.807) is 23.1 Å². The molecule has 6 nitrogen and oxygen atoms in total. The third-order valence-corrected chi connectivity index (χ3v) is 6.54. The quantitative estimate of drug-likeness (QED) is 0.223. The van der Waals surface area contributed by atoms with Gasteiger partial charge in [0.1, 0.15) is 0 Å². The van der Waals surface area contributed by atoms with Crippen LogP contribution in [0.3, 0.4) is 0 Å². The van der Waals surface area contributed by atoms with Crippen molar-refractivity contribution in [2.45, 2.75) is 18.0 Å². The normalized spacial score (nSPS) is 11.1. The number of nitrogens with zero attached hydrogens (tertiary/aromatic N) is 5. The molecule has 0 bridgehead atoms. The van der Waals surface area contributed by atoms with Crippen LogP contribution in [0.4, 0.5) is 0 Å². The van der Waals surface area contributed by atoms with E-state index < -0.39 is 0 Å². The molecule has 2 aromatic carbocycles. The molecular weight excluding hydrogens is 426 g/mol. The molecule has 154 valence electrons.